The second-order valence-corrected chi connectivity index (χ2v) is 5.50. The van der Waals surface area contributed by atoms with Crippen molar-refractivity contribution in [3.8, 4) is 11.5 Å². The fraction of sp³-hybridized carbons (Fsp3) is 0.400. The van der Waals surface area contributed by atoms with E-state index in [1.165, 1.54) is 36.8 Å². The predicted molar refractivity (Wildman–Crippen MR) is 89.0 cm³/mol. The zero-order chi connectivity index (χ0) is 16.2. The molecule has 2 aromatic rings. The molecule has 0 saturated heterocycles. The van der Waals surface area contributed by atoms with E-state index in [-0.39, 0.29) is 38.8 Å². The minimum absolute atomic E-state index is 0. The van der Waals surface area contributed by atoms with Crippen molar-refractivity contribution in [3.63, 3.8) is 0 Å². The summed E-state index contributed by atoms with van der Waals surface area (Å²) in [6.07, 6.45) is 6.78. The summed E-state index contributed by atoms with van der Waals surface area (Å²) in [6.45, 7) is 4.31. The van der Waals surface area contributed by atoms with Gasteiger partial charge in [0.25, 0.3) is 0 Å². The molecule has 0 heterocycles. The van der Waals surface area contributed by atoms with Crippen molar-refractivity contribution in [3.05, 3.63) is 59.7 Å². The van der Waals surface area contributed by atoms with Crippen molar-refractivity contribution in [2.45, 2.75) is 52.4 Å². The number of hydrogen-bond donors (Lipinski definition) is 0. The fourth-order valence-electron chi connectivity index (χ4n) is 2.16. The van der Waals surface area contributed by atoms with E-state index in [0.29, 0.717) is 0 Å². The Morgan fingerprint density at radius 2 is 1.09 bits per heavy atom. The topological polar surface area (TPSA) is 46.1 Å². The molecule has 2 aromatic carbocycles. The number of unbranched alkanes of at least 4 members (excludes halogenated alkanes) is 2. The molecule has 3 heteroatoms. The summed E-state index contributed by atoms with van der Waals surface area (Å²) in [7, 11) is 0. The number of aryl methyl sites for hydroxylation is 2. The quantitative estimate of drug-likeness (QED) is 0.670. The summed E-state index contributed by atoms with van der Waals surface area (Å²) in [5.74, 6) is 0.247. The third-order valence-electron chi connectivity index (χ3n) is 3.43. The van der Waals surface area contributed by atoms with Crippen molar-refractivity contribution in [2.24, 2.45) is 0 Å². The van der Waals surface area contributed by atoms with Gasteiger partial charge in [-0.2, -0.15) is 0 Å². The molecule has 0 unspecified atom stereocenters. The number of benzene rings is 2. The van der Waals surface area contributed by atoms with Crippen molar-refractivity contribution in [1.82, 2.24) is 0 Å². The van der Waals surface area contributed by atoms with Gasteiger partial charge in [-0.15, -0.1) is 11.5 Å². The molecule has 0 atom stereocenters. The Hall–Kier alpha value is -1.04. The van der Waals surface area contributed by atoms with E-state index in [2.05, 4.69) is 13.8 Å². The molecule has 0 spiro atoms. The summed E-state index contributed by atoms with van der Waals surface area (Å²) < 4.78 is 0. The van der Waals surface area contributed by atoms with Gasteiger partial charge in [0.1, 0.15) is 0 Å². The van der Waals surface area contributed by atoms with Crippen molar-refractivity contribution >= 4 is 0 Å². The van der Waals surface area contributed by atoms with Crippen LogP contribution in [-0.2, 0) is 40.1 Å². The van der Waals surface area contributed by atoms with Gasteiger partial charge in [-0.25, -0.2) is 0 Å². The second kappa shape index (κ2) is 13.4. The SMILES string of the molecule is CCCCc1cccc([O-])c1.CCCCc1cccc([O-])c1.[Cd+2]. The molecule has 0 saturated carbocycles. The summed E-state index contributed by atoms with van der Waals surface area (Å²) in [5, 5.41) is 21.7. The molecule has 0 aromatic heterocycles. The van der Waals surface area contributed by atoms with Crippen LogP contribution in [0.4, 0.5) is 0 Å². The van der Waals surface area contributed by atoms with Gasteiger partial charge in [0.15, 0.2) is 0 Å². The Morgan fingerprint density at radius 1 is 0.696 bits per heavy atom. The van der Waals surface area contributed by atoms with Gasteiger partial charge in [-0.3, -0.25) is 0 Å². The van der Waals surface area contributed by atoms with Crippen molar-refractivity contribution < 1.29 is 37.5 Å². The van der Waals surface area contributed by atoms with Crippen LogP contribution in [0.3, 0.4) is 0 Å². The van der Waals surface area contributed by atoms with Crippen LogP contribution < -0.4 is 10.2 Å². The monoisotopic (exact) mass is 412 g/mol. The predicted octanol–water partition coefficient (Wildman–Crippen LogP) is 4.20. The first-order chi connectivity index (χ1) is 10.7. The zero-order valence-corrected chi connectivity index (χ0v) is 18.4. The second-order valence-electron chi connectivity index (χ2n) is 5.50. The van der Waals surface area contributed by atoms with Crippen molar-refractivity contribution in [1.29, 1.82) is 0 Å². The first-order valence-corrected chi connectivity index (χ1v) is 8.17. The third-order valence-corrected chi connectivity index (χ3v) is 3.43. The molecular weight excluding hydrogens is 385 g/mol. The van der Waals surface area contributed by atoms with E-state index in [1.54, 1.807) is 24.3 Å². The van der Waals surface area contributed by atoms with Crippen LogP contribution in [0.5, 0.6) is 11.5 Å². The normalized spacial score (nSPS) is 9.48. The molecule has 0 N–H and O–H groups in total. The number of rotatable bonds is 6. The number of hydrogen-bond acceptors (Lipinski definition) is 2. The average molecular weight is 411 g/mol. The average Bonchev–Trinajstić information content (AvgIpc) is 2.52. The first-order valence-electron chi connectivity index (χ1n) is 8.17. The van der Waals surface area contributed by atoms with E-state index in [9.17, 15) is 10.2 Å². The van der Waals surface area contributed by atoms with E-state index in [1.807, 2.05) is 24.3 Å². The van der Waals surface area contributed by atoms with E-state index < -0.39 is 0 Å². The Kier molecular flexibility index (Phi) is 12.8. The summed E-state index contributed by atoms with van der Waals surface area (Å²) in [6, 6.07) is 14.3. The maximum absolute atomic E-state index is 10.9. The Bertz CT molecular complexity index is 491. The van der Waals surface area contributed by atoms with E-state index in [0.717, 1.165) is 12.8 Å². The molecule has 0 radical (unpaired) electrons. The summed E-state index contributed by atoms with van der Waals surface area (Å²) in [4.78, 5) is 0. The van der Waals surface area contributed by atoms with Crippen LogP contribution >= 0.6 is 0 Å². The van der Waals surface area contributed by atoms with Crippen LogP contribution in [0.25, 0.3) is 0 Å². The summed E-state index contributed by atoms with van der Waals surface area (Å²) in [5.41, 5.74) is 2.33. The van der Waals surface area contributed by atoms with Crippen LogP contribution in [0, 0.1) is 0 Å². The summed E-state index contributed by atoms with van der Waals surface area (Å²) >= 11 is 0. The molecule has 0 amide bonds. The van der Waals surface area contributed by atoms with Gasteiger partial charge in [-0.05, 0) is 36.8 Å². The van der Waals surface area contributed by atoms with Gasteiger partial charge in [0, 0.05) is 0 Å². The Labute approximate surface area is 160 Å². The zero-order valence-electron chi connectivity index (χ0n) is 14.4. The minimum atomic E-state index is 0. The molecule has 120 valence electrons. The molecule has 0 aliphatic carbocycles. The Morgan fingerprint density at radius 3 is 1.39 bits per heavy atom. The largest absolute Gasteiger partial charge is 2.00 e. The van der Waals surface area contributed by atoms with Gasteiger partial charge < -0.3 is 10.2 Å². The molecule has 0 aliphatic rings. The third kappa shape index (κ3) is 10.4. The first kappa shape index (κ1) is 22.0. The molecule has 0 aliphatic heterocycles. The molecular formula is C20H26CdO2. The molecule has 0 fully saturated rings. The fourth-order valence-corrected chi connectivity index (χ4v) is 2.16. The van der Waals surface area contributed by atoms with E-state index in [4.69, 9.17) is 0 Å². The minimum Gasteiger partial charge on any atom is -0.872 e. The van der Waals surface area contributed by atoms with Gasteiger partial charge in [0.2, 0.25) is 0 Å². The maximum atomic E-state index is 10.9. The van der Waals surface area contributed by atoms with Crippen LogP contribution in [0.2, 0.25) is 0 Å². The molecule has 23 heavy (non-hydrogen) atoms. The molecule has 0 bridgehead atoms. The van der Waals surface area contributed by atoms with Crippen LogP contribution in [0.15, 0.2) is 48.5 Å². The van der Waals surface area contributed by atoms with E-state index >= 15 is 0 Å². The van der Waals surface area contributed by atoms with Crippen molar-refractivity contribution in [2.75, 3.05) is 0 Å². The molecule has 2 nitrogen and oxygen atoms in total. The van der Waals surface area contributed by atoms with Crippen LogP contribution in [0.1, 0.15) is 50.7 Å². The standard InChI is InChI=1S/2C10H14O.Cd/c2*1-2-3-5-9-6-4-7-10(11)8-9;/h2*4,6-8,11H,2-3,5H2,1H3;/q;;+2/p-2. The van der Waals surface area contributed by atoms with Gasteiger partial charge >= 0.3 is 27.3 Å². The molecule has 2 rings (SSSR count). The Balaban J connectivity index is 0.000000403. The smallest absolute Gasteiger partial charge is 0.872 e. The van der Waals surface area contributed by atoms with Crippen LogP contribution in [-0.4, -0.2) is 0 Å². The van der Waals surface area contributed by atoms with Gasteiger partial charge in [-0.1, -0.05) is 75.2 Å². The maximum Gasteiger partial charge on any atom is 2.00 e. The van der Waals surface area contributed by atoms with Gasteiger partial charge in [0.05, 0.1) is 0 Å².